The minimum atomic E-state index is -0.129. The van der Waals surface area contributed by atoms with Gasteiger partial charge < -0.3 is 14.6 Å². The molecular weight excluding hydrogens is 408 g/mol. The molecule has 176 valence electrons. The Morgan fingerprint density at radius 3 is 2.64 bits per heavy atom. The standard InChI is InChI=1S/C29H38N2O2/c1-2-3-5-13-29(32)33-26-14-15-28-27(21-26)25(22-30-28)12-8-9-18-31-19-16-24(17-20-31)23-10-6-4-7-11-23/h4,6-7,10-11,14-15,21-22,24,30H,2-3,5,8-9,12-13,16-20H2,1H3. The zero-order valence-corrected chi connectivity index (χ0v) is 20.0. The molecule has 2 aromatic carbocycles. The molecule has 3 aromatic rings. The van der Waals surface area contributed by atoms with E-state index in [-0.39, 0.29) is 5.97 Å². The molecule has 1 aromatic heterocycles. The number of H-pyrrole nitrogens is 1. The van der Waals surface area contributed by atoms with Crippen LogP contribution >= 0.6 is 0 Å². The molecule has 1 N–H and O–H groups in total. The normalized spacial score (nSPS) is 15.2. The number of unbranched alkanes of at least 4 members (excludes halogenated alkanes) is 3. The maximum atomic E-state index is 12.1. The molecule has 0 unspecified atom stereocenters. The van der Waals surface area contributed by atoms with E-state index in [0.717, 1.165) is 37.1 Å². The molecule has 0 bridgehead atoms. The lowest BCUT2D eigenvalue weighted by Gasteiger charge is -2.32. The summed E-state index contributed by atoms with van der Waals surface area (Å²) in [4.78, 5) is 18.1. The van der Waals surface area contributed by atoms with Crippen molar-refractivity contribution in [2.75, 3.05) is 19.6 Å². The summed E-state index contributed by atoms with van der Waals surface area (Å²) in [5.41, 5.74) is 3.93. The van der Waals surface area contributed by atoms with Gasteiger partial charge in [0, 0.05) is 23.5 Å². The second kappa shape index (κ2) is 12.0. The van der Waals surface area contributed by atoms with Gasteiger partial charge in [-0.25, -0.2) is 0 Å². The smallest absolute Gasteiger partial charge is 0.311 e. The largest absolute Gasteiger partial charge is 0.427 e. The SMILES string of the molecule is CCCCCC(=O)Oc1ccc2[nH]cc(CCCCN3CCC(c4ccccc4)CC3)c2c1. The summed E-state index contributed by atoms with van der Waals surface area (Å²) >= 11 is 0. The summed E-state index contributed by atoms with van der Waals surface area (Å²) in [6.07, 6.45) is 11.7. The number of likely N-dealkylation sites (tertiary alicyclic amines) is 1. The van der Waals surface area contributed by atoms with Crippen LogP contribution in [-0.2, 0) is 11.2 Å². The van der Waals surface area contributed by atoms with E-state index in [1.807, 2.05) is 18.2 Å². The highest BCUT2D eigenvalue weighted by Crippen LogP contribution is 2.28. The van der Waals surface area contributed by atoms with Crippen molar-refractivity contribution in [1.82, 2.24) is 9.88 Å². The number of carbonyl (C=O) groups excluding carboxylic acids is 1. The van der Waals surface area contributed by atoms with Gasteiger partial charge in [-0.3, -0.25) is 4.79 Å². The lowest BCUT2D eigenvalue weighted by atomic mass is 9.89. The highest BCUT2D eigenvalue weighted by molar-refractivity contribution is 5.85. The molecule has 0 spiro atoms. The summed E-state index contributed by atoms with van der Waals surface area (Å²) in [5.74, 6) is 1.26. The number of esters is 1. The van der Waals surface area contributed by atoms with Crippen LogP contribution in [0.3, 0.4) is 0 Å². The third kappa shape index (κ3) is 6.70. The van der Waals surface area contributed by atoms with Crippen molar-refractivity contribution in [1.29, 1.82) is 0 Å². The van der Waals surface area contributed by atoms with Crippen LogP contribution in [0.25, 0.3) is 10.9 Å². The monoisotopic (exact) mass is 446 g/mol. The molecule has 4 heteroatoms. The average molecular weight is 447 g/mol. The number of nitrogens with one attached hydrogen (secondary N) is 1. The lowest BCUT2D eigenvalue weighted by Crippen LogP contribution is -2.33. The highest BCUT2D eigenvalue weighted by atomic mass is 16.5. The summed E-state index contributed by atoms with van der Waals surface area (Å²) in [6, 6.07) is 16.9. The molecule has 2 heterocycles. The number of ether oxygens (including phenoxy) is 1. The molecule has 0 amide bonds. The number of benzene rings is 2. The van der Waals surface area contributed by atoms with Gasteiger partial charge >= 0.3 is 5.97 Å². The van der Waals surface area contributed by atoms with Crippen LogP contribution in [0, 0.1) is 0 Å². The summed E-state index contributed by atoms with van der Waals surface area (Å²) in [5, 5.41) is 1.18. The minimum Gasteiger partial charge on any atom is -0.427 e. The molecule has 0 aliphatic carbocycles. The van der Waals surface area contributed by atoms with Gasteiger partial charge in [0.2, 0.25) is 0 Å². The Morgan fingerprint density at radius 1 is 1.03 bits per heavy atom. The molecule has 1 saturated heterocycles. The van der Waals surface area contributed by atoms with Gasteiger partial charge in [-0.15, -0.1) is 0 Å². The van der Waals surface area contributed by atoms with Gasteiger partial charge in [0.15, 0.2) is 0 Å². The summed E-state index contributed by atoms with van der Waals surface area (Å²) < 4.78 is 5.58. The van der Waals surface area contributed by atoms with Gasteiger partial charge in [0.1, 0.15) is 5.75 Å². The van der Waals surface area contributed by atoms with E-state index in [9.17, 15) is 4.79 Å². The number of piperidine rings is 1. The van der Waals surface area contributed by atoms with Gasteiger partial charge in [0.05, 0.1) is 0 Å². The van der Waals surface area contributed by atoms with E-state index in [2.05, 4.69) is 53.3 Å². The zero-order chi connectivity index (χ0) is 22.9. The Kier molecular flexibility index (Phi) is 8.59. The van der Waals surface area contributed by atoms with Crippen LogP contribution in [-0.4, -0.2) is 35.5 Å². The van der Waals surface area contributed by atoms with Crippen molar-refractivity contribution in [3.05, 3.63) is 65.9 Å². The molecule has 4 nitrogen and oxygen atoms in total. The first-order valence-corrected chi connectivity index (χ1v) is 12.8. The van der Waals surface area contributed by atoms with E-state index >= 15 is 0 Å². The fourth-order valence-corrected chi connectivity index (χ4v) is 5.00. The molecule has 0 atom stereocenters. The average Bonchev–Trinajstić information content (AvgIpc) is 3.25. The van der Waals surface area contributed by atoms with Crippen LogP contribution in [0.15, 0.2) is 54.7 Å². The fourth-order valence-electron chi connectivity index (χ4n) is 5.00. The Bertz CT molecular complexity index is 1000. The predicted octanol–water partition coefficient (Wildman–Crippen LogP) is 6.86. The van der Waals surface area contributed by atoms with E-state index in [1.54, 1.807) is 0 Å². The number of fused-ring (bicyclic) bond motifs is 1. The summed E-state index contributed by atoms with van der Waals surface area (Å²) in [7, 11) is 0. The second-order valence-electron chi connectivity index (χ2n) is 9.44. The van der Waals surface area contributed by atoms with Crippen molar-refractivity contribution < 1.29 is 9.53 Å². The zero-order valence-electron chi connectivity index (χ0n) is 20.0. The number of rotatable bonds is 11. The van der Waals surface area contributed by atoms with Gasteiger partial charge in [-0.2, -0.15) is 0 Å². The van der Waals surface area contributed by atoms with Crippen LogP contribution in [0.5, 0.6) is 5.75 Å². The third-order valence-corrected chi connectivity index (χ3v) is 6.98. The first-order valence-electron chi connectivity index (χ1n) is 12.8. The number of aromatic amines is 1. The molecular formula is C29H38N2O2. The molecule has 1 fully saturated rings. The maximum absolute atomic E-state index is 12.1. The van der Waals surface area contributed by atoms with Gasteiger partial charge in [-0.05, 0) is 93.4 Å². The number of carbonyl (C=O) groups is 1. The first kappa shape index (κ1) is 23.6. The molecule has 4 rings (SSSR count). The van der Waals surface area contributed by atoms with Crippen molar-refractivity contribution in [3.8, 4) is 5.75 Å². The van der Waals surface area contributed by atoms with Crippen LogP contribution in [0.4, 0.5) is 0 Å². The Morgan fingerprint density at radius 2 is 1.85 bits per heavy atom. The summed E-state index contributed by atoms with van der Waals surface area (Å²) in [6.45, 7) is 5.74. The van der Waals surface area contributed by atoms with E-state index in [1.165, 1.54) is 61.8 Å². The molecule has 33 heavy (non-hydrogen) atoms. The van der Waals surface area contributed by atoms with E-state index in [4.69, 9.17) is 4.74 Å². The quantitative estimate of drug-likeness (QED) is 0.199. The molecule has 0 saturated carbocycles. The molecule has 1 aliphatic heterocycles. The number of aromatic nitrogens is 1. The molecule has 1 aliphatic rings. The number of hydrogen-bond acceptors (Lipinski definition) is 3. The van der Waals surface area contributed by atoms with Crippen LogP contribution < -0.4 is 4.74 Å². The topological polar surface area (TPSA) is 45.3 Å². The van der Waals surface area contributed by atoms with Crippen LogP contribution in [0.1, 0.15) is 75.3 Å². The van der Waals surface area contributed by atoms with Crippen molar-refractivity contribution in [2.45, 2.75) is 70.6 Å². The van der Waals surface area contributed by atoms with Crippen molar-refractivity contribution in [3.63, 3.8) is 0 Å². The maximum Gasteiger partial charge on any atom is 0.311 e. The number of hydrogen-bond donors (Lipinski definition) is 1. The van der Waals surface area contributed by atoms with E-state index < -0.39 is 0 Å². The second-order valence-corrected chi connectivity index (χ2v) is 9.44. The number of nitrogens with zero attached hydrogens (tertiary/aromatic N) is 1. The Hall–Kier alpha value is -2.59. The highest BCUT2D eigenvalue weighted by Gasteiger charge is 2.20. The Balaban J connectivity index is 1.21. The minimum absolute atomic E-state index is 0.129. The third-order valence-electron chi connectivity index (χ3n) is 6.98. The van der Waals surface area contributed by atoms with Gasteiger partial charge in [0.25, 0.3) is 0 Å². The van der Waals surface area contributed by atoms with Crippen molar-refractivity contribution in [2.24, 2.45) is 0 Å². The number of aryl methyl sites for hydroxylation is 1. The van der Waals surface area contributed by atoms with E-state index in [0.29, 0.717) is 12.2 Å². The first-order chi connectivity index (χ1) is 16.2. The predicted molar refractivity (Wildman–Crippen MR) is 136 cm³/mol. The molecule has 0 radical (unpaired) electrons. The van der Waals surface area contributed by atoms with Crippen LogP contribution in [0.2, 0.25) is 0 Å². The lowest BCUT2D eigenvalue weighted by molar-refractivity contribution is -0.134. The van der Waals surface area contributed by atoms with Gasteiger partial charge in [-0.1, -0.05) is 50.1 Å². The Labute approximate surface area is 198 Å². The fraction of sp³-hybridized carbons (Fsp3) is 0.483. The van der Waals surface area contributed by atoms with Crippen molar-refractivity contribution >= 4 is 16.9 Å².